The zero-order valence-corrected chi connectivity index (χ0v) is 15.2. The number of benzene rings is 1. The van der Waals surface area contributed by atoms with Gasteiger partial charge in [-0.2, -0.15) is 0 Å². The molecular weight excluding hydrogens is 328 g/mol. The molecule has 5 nitrogen and oxygen atoms in total. The third-order valence-electron chi connectivity index (χ3n) is 5.00. The molecule has 1 heterocycles. The van der Waals surface area contributed by atoms with E-state index in [-0.39, 0.29) is 12.4 Å². The van der Waals surface area contributed by atoms with Gasteiger partial charge in [-0.05, 0) is 49.9 Å². The number of nitrogens with zero attached hydrogens (tertiary/aromatic N) is 1. The lowest BCUT2D eigenvalue weighted by Crippen LogP contribution is -2.20. The number of aromatic nitrogens is 1. The van der Waals surface area contributed by atoms with Gasteiger partial charge in [0.1, 0.15) is 6.61 Å². The van der Waals surface area contributed by atoms with Crippen LogP contribution in [0.2, 0.25) is 0 Å². The number of hydrogen-bond donors (Lipinski definition) is 2. The first-order valence-electron chi connectivity index (χ1n) is 8.63. The quantitative estimate of drug-likeness (QED) is 0.815. The Morgan fingerprint density at radius 1 is 1.35 bits per heavy atom. The molecule has 0 radical (unpaired) electrons. The molecule has 0 aliphatic heterocycles. The number of carbonyl (C=O) groups is 2. The van der Waals surface area contributed by atoms with E-state index < -0.39 is 5.91 Å². The SMILES string of the molecule is Cc1c2c(n(-c3ccc(C(N)=O)c(C#CCO)c3)c1C)CC(C)CC2=O. The predicted molar refractivity (Wildman–Crippen MR) is 99.5 cm³/mol. The van der Waals surface area contributed by atoms with Gasteiger partial charge in [0.2, 0.25) is 5.91 Å². The van der Waals surface area contributed by atoms with Crippen molar-refractivity contribution in [3.8, 4) is 17.5 Å². The average Bonchev–Trinajstić information content (AvgIpc) is 2.83. The fourth-order valence-electron chi connectivity index (χ4n) is 3.74. The molecule has 0 saturated carbocycles. The molecule has 1 amide bonds. The highest BCUT2D eigenvalue weighted by atomic mass is 16.2. The summed E-state index contributed by atoms with van der Waals surface area (Å²) in [7, 11) is 0. The summed E-state index contributed by atoms with van der Waals surface area (Å²) in [5.41, 5.74) is 10.9. The second-order valence-corrected chi connectivity index (χ2v) is 6.86. The van der Waals surface area contributed by atoms with Crippen molar-refractivity contribution in [2.24, 2.45) is 11.7 Å². The van der Waals surface area contributed by atoms with Crippen molar-refractivity contribution in [3.05, 3.63) is 51.8 Å². The highest BCUT2D eigenvalue weighted by molar-refractivity contribution is 6.00. The Bertz CT molecular complexity index is 973. The molecule has 1 unspecified atom stereocenters. The largest absolute Gasteiger partial charge is 0.384 e. The summed E-state index contributed by atoms with van der Waals surface area (Å²) in [4.78, 5) is 24.2. The third-order valence-corrected chi connectivity index (χ3v) is 5.00. The van der Waals surface area contributed by atoms with Crippen LogP contribution in [0.4, 0.5) is 0 Å². The van der Waals surface area contributed by atoms with E-state index in [4.69, 9.17) is 10.8 Å². The minimum atomic E-state index is -0.565. The molecule has 26 heavy (non-hydrogen) atoms. The number of rotatable bonds is 2. The lowest BCUT2D eigenvalue weighted by atomic mass is 9.86. The van der Waals surface area contributed by atoms with Crippen LogP contribution in [0.5, 0.6) is 0 Å². The highest BCUT2D eigenvalue weighted by Crippen LogP contribution is 2.34. The summed E-state index contributed by atoms with van der Waals surface area (Å²) < 4.78 is 2.08. The Morgan fingerprint density at radius 3 is 2.73 bits per heavy atom. The molecule has 1 aliphatic carbocycles. The number of hydrogen-bond acceptors (Lipinski definition) is 3. The fraction of sp³-hybridized carbons (Fsp3) is 0.333. The minimum absolute atomic E-state index is 0.187. The molecule has 5 heteroatoms. The van der Waals surface area contributed by atoms with E-state index in [1.54, 1.807) is 12.1 Å². The maximum absolute atomic E-state index is 12.5. The van der Waals surface area contributed by atoms with E-state index in [2.05, 4.69) is 23.3 Å². The molecule has 0 bridgehead atoms. The monoisotopic (exact) mass is 350 g/mol. The van der Waals surface area contributed by atoms with Crippen LogP contribution in [0, 0.1) is 31.6 Å². The Balaban J connectivity index is 2.24. The molecule has 3 rings (SSSR count). The van der Waals surface area contributed by atoms with Gasteiger partial charge in [-0.15, -0.1) is 0 Å². The van der Waals surface area contributed by atoms with E-state index in [0.29, 0.717) is 23.5 Å². The average molecular weight is 350 g/mol. The molecule has 134 valence electrons. The third kappa shape index (κ3) is 2.93. The minimum Gasteiger partial charge on any atom is -0.384 e. The summed E-state index contributed by atoms with van der Waals surface area (Å²) in [6, 6.07) is 5.26. The molecule has 2 aromatic rings. The van der Waals surface area contributed by atoms with E-state index in [0.717, 1.165) is 34.6 Å². The topological polar surface area (TPSA) is 85.3 Å². The lowest BCUT2D eigenvalue weighted by Gasteiger charge is -2.21. The molecule has 0 fully saturated rings. The summed E-state index contributed by atoms with van der Waals surface area (Å²) >= 11 is 0. The van der Waals surface area contributed by atoms with Gasteiger partial charge in [0.05, 0.1) is 5.56 Å². The summed E-state index contributed by atoms with van der Waals surface area (Å²) in [6.45, 7) is 5.75. The van der Waals surface area contributed by atoms with E-state index in [1.807, 2.05) is 19.9 Å². The first kappa shape index (κ1) is 18.0. The van der Waals surface area contributed by atoms with Gasteiger partial charge >= 0.3 is 0 Å². The Morgan fingerprint density at radius 2 is 2.08 bits per heavy atom. The Labute approximate surface area is 152 Å². The number of amides is 1. The van der Waals surface area contributed by atoms with Crippen molar-refractivity contribution >= 4 is 11.7 Å². The van der Waals surface area contributed by atoms with E-state index >= 15 is 0 Å². The molecule has 1 aliphatic rings. The zero-order valence-electron chi connectivity index (χ0n) is 15.2. The maximum Gasteiger partial charge on any atom is 0.249 e. The summed E-state index contributed by atoms with van der Waals surface area (Å²) in [6.07, 6.45) is 1.40. The van der Waals surface area contributed by atoms with Gasteiger partial charge in [-0.1, -0.05) is 18.8 Å². The van der Waals surface area contributed by atoms with Crippen LogP contribution in [0.25, 0.3) is 5.69 Å². The first-order valence-corrected chi connectivity index (χ1v) is 8.63. The number of ketones is 1. The predicted octanol–water partition coefficient (Wildman–Crippen LogP) is 2.30. The lowest BCUT2D eigenvalue weighted by molar-refractivity contribution is 0.0950. The van der Waals surface area contributed by atoms with Crippen LogP contribution in [-0.2, 0) is 6.42 Å². The Kier molecular flexibility index (Phi) is 4.71. The molecular formula is C21H22N2O3. The van der Waals surface area contributed by atoms with E-state index in [1.165, 1.54) is 0 Å². The second-order valence-electron chi connectivity index (χ2n) is 6.86. The van der Waals surface area contributed by atoms with Crippen LogP contribution >= 0.6 is 0 Å². The number of Topliss-reactive ketones (excluding diaryl/α,β-unsaturated/α-hetero) is 1. The number of aliphatic hydroxyl groups is 1. The van der Waals surface area contributed by atoms with Crippen molar-refractivity contribution in [3.63, 3.8) is 0 Å². The van der Waals surface area contributed by atoms with Gasteiger partial charge < -0.3 is 15.4 Å². The van der Waals surface area contributed by atoms with Gasteiger partial charge in [-0.25, -0.2) is 0 Å². The molecule has 0 saturated heterocycles. The van der Waals surface area contributed by atoms with E-state index in [9.17, 15) is 9.59 Å². The fourth-order valence-corrected chi connectivity index (χ4v) is 3.74. The summed E-state index contributed by atoms with van der Waals surface area (Å²) in [5, 5.41) is 8.97. The second kappa shape index (κ2) is 6.81. The van der Waals surface area contributed by atoms with Crippen LogP contribution in [0.15, 0.2) is 18.2 Å². The standard InChI is InChI=1S/C21H22N2O3/c1-12-9-18-20(19(25)10-12)13(2)14(3)23(18)16-6-7-17(21(22)26)15(11-16)5-4-8-24/h6-7,11-12,24H,8-10H2,1-3H3,(H2,22,26). The van der Waals surface area contributed by atoms with Gasteiger partial charge in [0, 0.05) is 34.6 Å². The molecule has 0 spiro atoms. The van der Waals surface area contributed by atoms with Crippen molar-refractivity contribution in [2.45, 2.75) is 33.6 Å². The van der Waals surface area contributed by atoms with Crippen molar-refractivity contribution in [2.75, 3.05) is 6.61 Å². The van der Waals surface area contributed by atoms with Crippen molar-refractivity contribution in [1.29, 1.82) is 0 Å². The molecule has 3 N–H and O–H groups in total. The summed E-state index contributed by atoms with van der Waals surface area (Å²) in [5.74, 6) is 5.28. The highest BCUT2D eigenvalue weighted by Gasteiger charge is 2.30. The molecule has 1 atom stereocenters. The molecule has 1 aromatic heterocycles. The van der Waals surface area contributed by atoms with Crippen LogP contribution < -0.4 is 5.73 Å². The van der Waals surface area contributed by atoms with Gasteiger partial charge in [0.25, 0.3) is 0 Å². The van der Waals surface area contributed by atoms with Crippen LogP contribution in [0.1, 0.15) is 56.6 Å². The zero-order chi connectivity index (χ0) is 19.0. The van der Waals surface area contributed by atoms with Gasteiger partial charge in [0.15, 0.2) is 5.78 Å². The number of primary amides is 1. The maximum atomic E-state index is 12.5. The van der Waals surface area contributed by atoms with Crippen LogP contribution in [-0.4, -0.2) is 28.0 Å². The number of carbonyl (C=O) groups excluding carboxylic acids is 2. The van der Waals surface area contributed by atoms with Crippen LogP contribution in [0.3, 0.4) is 0 Å². The normalized spacial score (nSPS) is 16.0. The first-order chi connectivity index (χ1) is 12.3. The van der Waals surface area contributed by atoms with Gasteiger partial charge in [-0.3, -0.25) is 9.59 Å². The Hall–Kier alpha value is -2.84. The smallest absolute Gasteiger partial charge is 0.249 e. The number of nitrogens with two attached hydrogens (primary N) is 1. The molecule has 1 aromatic carbocycles. The van der Waals surface area contributed by atoms with Crippen molar-refractivity contribution < 1.29 is 14.7 Å². The number of aliphatic hydroxyl groups excluding tert-OH is 1. The van der Waals surface area contributed by atoms with Crippen molar-refractivity contribution in [1.82, 2.24) is 4.57 Å². The number of fused-ring (bicyclic) bond motifs is 1.